The number of benzene rings is 1. The van der Waals surface area contributed by atoms with Crippen LogP contribution >= 0.6 is 0 Å². The Kier molecular flexibility index (Phi) is 6.00. The van der Waals surface area contributed by atoms with E-state index < -0.39 is 11.9 Å². The summed E-state index contributed by atoms with van der Waals surface area (Å²) in [4.78, 5) is 35.0. The third kappa shape index (κ3) is 5.45. The smallest absolute Gasteiger partial charge is 0.325 e. The summed E-state index contributed by atoms with van der Waals surface area (Å²) < 4.78 is 15.0. The number of hydrogen-bond acceptors (Lipinski definition) is 6. The van der Waals surface area contributed by atoms with Gasteiger partial charge in [-0.15, -0.1) is 0 Å². The van der Waals surface area contributed by atoms with Crippen LogP contribution in [0.15, 0.2) is 18.2 Å². The van der Waals surface area contributed by atoms with Gasteiger partial charge >= 0.3 is 5.97 Å². The molecule has 0 aliphatic heterocycles. The number of carbonyl (C=O) groups is 3. The van der Waals surface area contributed by atoms with Crippen molar-refractivity contribution in [3.05, 3.63) is 23.8 Å². The van der Waals surface area contributed by atoms with E-state index in [0.717, 1.165) is 12.8 Å². The maximum Gasteiger partial charge on any atom is 0.325 e. The molecule has 1 aromatic carbocycles. The Labute approximate surface area is 139 Å². The number of carbonyl (C=O) groups excluding carboxylic acids is 3. The second kappa shape index (κ2) is 8.19. The van der Waals surface area contributed by atoms with Crippen LogP contribution in [0.5, 0.6) is 11.5 Å². The summed E-state index contributed by atoms with van der Waals surface area (Å²) in [5.41, 5.74) is 0.283. The van der Waals surface area contributed by atoms with Gasteiger partial charge in [-0.25, -0.2) is 0 Å². The van der Waals surface area contributed by atoms with E-state index in [-0.39, 0.29) is 30.7 Å². The number of hydrogen-bond donors (Lipinski definition) is 2. The van der Waals surface area contributed by atoms with Gasteiger partial charge in [0.25, 0.3) is 11.8 Å². The first kappa shape index (κ1) is 17.6. The molecule has 0 unspecified atom stereocenters. The standard InChI is InChI=1S/C16H20N2O6/c1-22-12-5-10(6-13(7-12)23-2)16(21)17-8-15(20)24-9-14(19)18-11-3-4-11/h5-7,11H,3-4,8-9H2,1-2H3,(H,17,21)(H,18,19). The van der Waals surface area contributed by atoms with Crippen molar-refractivity contribution in [2.24, 2.45) is 0 Å². The van der Waals surface area contributed by atoms with E-state index in [0.29, 0.717) is 11.5 Å². The molecule has 0 saturated heterocycles. The van der Waals surface area contributed by atoms with E-state index in [4.69, 9.17) is 14.2 Å². The van der Waals surface area contributed by atoms with Crippen molar-refractivity contribution in [3.8, 4) is 11.5 Å². The average Bonchev–Trinajstić information content (AvgIpc) is 3.41. The Bertz CT molecular complexity index is 605. The molecular formula is C16H20N2O6. The molecule has 8 nitrogen and oxygen atoms in total. The van der Waals surface area contributed by atoms with E-state index in [9.17, 15) is 14.4 Å². The molecule has 0 spiro atoms. The molecule has 130 valence electrons. The number of esters is 1. The van der Waals surface area contributed by atoms with Gasteiger partial charge in [-0.1, -0.05) is 0 Å². The SMILES string of the molecule is COc1cc(OC)cc(C(=O)NCC(=O)OCC(=O)NC2CC2)c1. The molecule has 0 bridgehead atoms. The predicted molar refractivity (Wildman–Crippen MR) is 84.0 cm³/mol. The van der Waals surface area contributed by atoms with Gasteiger partial charge in [0, 0.05) is 17.7 Å². The second-order valence-electron chi connectivity index (χ2n) is 5.29. The van der Waals surface area contributed by atoms with E-state index in [1.54, 1.807) is 6.07 Å². The van der Waals surface area contributed by atoms with E-state index >= 15 is 0 Å². The highest BCUT2D eigenvalue weighted by atomic mass is 16.5. The molecular weight excluding hydrogens is 316 g/mol. The quantitative estimate of drug-likeness (QED) is 0.660. The van der Waals surface area contributed by atoms with Gasteiger partial charge in [0.15, 0.2) is 6.61 Å². The monoisotopic (exact) mass is 336 g/mol. The summed E-state index contributed by atoms with van der Waals surface area (Å²) in [6.45, 7) is -0.687. The fraction of sp³-hybridized carbons (Fsp3) is 0.438. The molecule has 1 fully saturated rings. The second-order valence-corrected chi connectivity index (χ2v) is 5.29. The molecule has 1 aromatic rings. The fourth-order valence-electron chi connectivity index (χ4n) is 1.89. The highest BCUT2D eigenvalue weighted by Gasteiger charge is 2.23. The number of rotatable bonds is 8. The van der Waals surface area contributed by atoms with Crippen molar-refractivity contribution in [2.75, 3.05) is 27.4 Å². The van der Waals surface area contributed by atoms with Gasteiger partial charge in [0.05, 0.1) is 14.2 Å². The Morgan fingerprint density at radius 3 is 2.25 bits per heavy atom. The Morgan fingerprint density at radius 2 is 1.71 bits per heavy atom. The van der Waals surface area contributed by atoms with Crippen molar-refractivity contribution >= 4 is 17.8 Å². The lowest BCUT2D eigenvalue weighted by Crippen LogP contribution is -2.34. The maximum atomic E-state index is 12.1. The summed E-state index contributed by atoms with van der Waals surface area (Å²) in [6, 6.07) is 4.88. The van der Waals surface area contributed by atoms with E-state index in [2.05, 4.69) is 10.6 Å². The molecule has 2 amide bonds. The van der Waals surface area contributed by atoms with Gasteiger partial charge in [-0.05, 0) is 25.0 Å². The molecule has 1 aliphatic carbocycles. The zero-order chi connectivity index (χ0) is 17.5. The molecule has 2 rings (SSSR count). The van der Waals surface area contributed by atoms with Crippen molar-refractivity contribution in [1.82, 2.24) is 10.6 Å². The first-order valence-electron chi connectivity index (χ1n) is 7.48. The summed E-state index contributed by atoms with van der Waals surface area (Å²) >= 11 is 0. The van der Waals surface area contributed by atoms with Crippen LogP contribution in [0.2, 0.25) is 0 Å². The van der Waals surface area contributed by atoms with Crippen LogP contribution in [0.4, 0.5) is 0 Å². The van der Waals surface area contributed by atoms with Crippen LogP contribution < -0.4 is 20.1 Å². The number of nitrogens with one attached hydrogen (secondary N) is 2. The minimum absolute atomic E-state index is 0.207. The summed E-state index contributed by atoms with van der Waals surface area (Å²) in [5.74, 6) is -0.594. The molecule has 2 N–H and O–H groups in total. The van der Waals surface area contributed by atoms with Crippen molar-refractivity contribution in [3.63, 3.8) is 0 Å². The minimum atomic E-state index is -0.691. The molecule has 0 radical (unpaired) electrons. The van der Waals surface area contributed by atoms with Crippen LogP contribution in [-0.2, 0) is 14.3 Å². The Morgan fingerprint density at radius 1 is 1.08 bits per heavy atom. The van der Waals surface area contributed by atoms with Crippen LogP contribution in [0.25, 0.3) is 0 Å². The summed E-state index contributed by atoms with van der Waals surface area (Å²) in [7, 11) is 2.95. The molecule has 0 atom stereocenters. The zero-order valence-electron chi connectivity index (χ0n) is 13.6. The lowest BCUT2D eigenvalue weighted by molar-refractivity contribution is -0.147. The molecule has 24 heavy (non-hydrogen) atoms. The van der Waals surface area contributed by atoms with E-state index in [1.807, 2.05) is 0 Å². The Balaban J connectivity index is 1.79. The van der Waals surface area contributed by atoms with Crippen LogP contribution in [0.3, 0.4) is 0 Å². The highest BCUT2D eigenvalue weighted by Crippen LogP contribution is 2.22. The molecule has 0 aromatic heterocycles. The first-order chi connectivity index (χ1) is 11.5. The largest absolute Gasteiger partial charge is 0.497 e. The highest BCUT2D eigenvalue weighted by molar-refractivity contribution is 5.96. The topological polar surface area (TPSA) is 103 Å². The van der Waals surface area contributed by atoms with Crippen molar-refractivity contribution in [1.29, 1.82) is 0 Å². The molecule has 1 saturated carbocycles. The predicted octanol–water partition coefficient (Wildman–Crippen LogP) is 0.255. The maximum absolute atomic E-state index is 12.1. The third-order valence-corrected chi connectivity index (χ3v) is 3.31. The molecule has 0 heterocycles. The van der Waals surface area contributed by atoms with Crippen LogP contribution in [-0.4, -0.2) is 51.2 Å². The normalized spacial score (nSPS) is 12.9. The lowest BCUT2D eigenvalue weighted by atomic mass is 10.2. The van der Waals surface area contributed by atoms with Crippen LogP contribution in [0, 0.1) is 0 Å². The van der Waals surface area contributed by atoms with Gasteiger partial charge in [0.1, 0.15) is 18.0 Å². The zero-order valence-corrected chi connectivity index (χ0v) is 13.6. The van der Waals surface area contributed by atoms with Gasteiger partial charge in [-0.2, -0.15) is 0 Å². The molecule has 1 aliphatic rings. The average molecular weight is 336 g/mol. The molecule has 8 heteroatoms. The van der Waals surface area contributed by atoms with Gasteiger partial charge in [0.2, 0.25) is 0 Å². The third-order valence-electron chi connectivity index (χ3n) is 3.31. The van der Waals surface area contributed by atoms with Crippen molar-refractivity contribution < 1.29 is 28.6 Å². The number of amides is 2. The lowest BCUT2D eigenvalue weighted by Gasteiger charge is -2.09. The van der Waals surface area contributed by atoms with Crippen molar-refractivity contribution in [2.45, 2.75) is 18.9 Å². The fourth-order valence-corrected chi connectivity index (χ4v) is 1.89. The van der Waals surface area contributed by atoms with Gasteiger partial charge < -0.3 is 24.8 Å². The minimum Gasteiger partial charge on any atom is -0.497 e. The Hall–Kier alpha value is -2.77. The first-order valence-corrected chi connectivity index (χ1v) is 7.48. The summed E-state index contributed by atoms with van der Waals surface area (Å²) in [5, 5.41) is 5.12. The van der Waals surface area contributed by atoms with Crippen LogP contribution in [0.1, 0.15) is 23.2 Å². The summed E-state index contributed by atoms with van der Waals surface area (Å²) in [6.07, 6.45) is 1.92. The van der Waals surface area contributed by atoms with E-state index in [1.165, 1.54) is 26.4 Å². The number of ether oxygens (including phenoxy) is 3. The number of methoxy groups -OCH3 is 2. The van der Waals surface area contributed by atoms with Gasteiger partial charge in [-0.3, -0.25) is 14.4 Å².